The predicted octanol–water partition coefficient (Wildman–Crippen LogP) is 2.92. The predicted molar refractivity (Wildman–Crippen MR) is 137 cm³/mol. The average molecular weight is 524 g/mol. The van der Waals surface area contributed by atoms with Crippen molar-refractivity contribution in [3.8, 4) is 11.4 Å². The molecule has 0 bridgehead atoms. The van der Waals surface area contributed by atoms with Gasteiger partial charge in [0.1, 0.15) is 17.0 Å². The molecule has 0 spiro atoms. The fourth-order valence-electron chi connectivity index (χ4n) is 3.29. The number of benzene rings is 1. The first-order valence-corrected chi connectivity index (χ1v) is 12.0. The van der Waals surface area contributed by atoms with Gasteiger partial charge in [-0.25, -0.2) is 9.78 Å². The van der Waals surface area contributed by atoms with Crippen LogP contribution in [0.2, 0.25) is 0 Å². The molecule has 0 aliphatic carbocycles. The highest BCUT2D eigenvalue weighted by atomic mass is 16.6. The van der Waals surface area contributed by atoms with Crippen LogP contribution < -0.4 is 15.4 Å². The number of nitrogens with zero attached hydrogens (tertiary/aromatic N) is 7. The van der Waals surface area contributed by atoms with Crippen LogP contribution in [-0.2, 0) is 16.1 Å². The van der Waals surface area contributed by atoms with Crippen molar-refractivity contribution in [2.45, 2.75) is 45.8 Å². The van der Waals surface area contributed by atoms with Gasteiger partial charge in [0.05, 0.1) is 38.2 Å². The number of hydrogen-bond donors (Lipinski definition) is 3. The van der Waals surface area contributed by atoms with Gasteiger partial charge in [0.25, 0.3) is 0 Å². The second-order valence-electron chi connectivity index (χ2n) is 9.29. The van der Waals surface area contributed by atoms with Crippen LogP contribution in [0.3, 0.4) is 0 Å². The molecule has 200 valence electrons. The Bertz CT molecular complexity index is 1390. The van der Waals surface area contributed by atoms with Crippen LogP contribution in [0.15, 0.2) is 42.9 Å². The molecule has 3 heterocycles. The van der Waals surface area contributed by atoms with Crippen LogP contribution in [0.4, 0.5) is 16.4 Å². The third-order valence-electron chi connectivity index (χ3n) is 4.98. The van der Waals surface area contributed by atoms with Gasteiger partial charge in [0.15, 0.2) is 11.2 Å². The van der Waals surface area contributed by atoms with E-state index in [0.717, 1.165) is 5.69 Å². The molecule has 1 amide bonds. The first-order chi connectivity index (χ1) is 18.2. The van der Waals surface area contributed by atoms with E-state index in [2.05, 4.69) is 36.0 Å². The number of aliphatic carboxylic acids is 1. The molecule has 38 heavy (non-hydrogen) atoms. The molecule has 14 heteroatoms. The maximum Gasteiger partial charge on any atom is 0.407 e. The number of carboxylic acid groups (broad SMARTS) is 1. The van der Waals surface area contributed by atoms with Gasteiger partial charge in [-0.05, 0) is 51.5 Å². The minimum Gasteiger partial charge on any atom is -0.494 e. The minimum atomic E-state index is -0.899. The van der Waals surface area contributed by atoms with Crippen molar-refractivity contribution in [1.82, 2.24) is 40.1 Å². The fourth-order valence-corrected chi connectivity index (χ4v) is 3.29. The zero-order chi connectivity index (χ0) is 27.1. The SMILES string of the molecule is CC(C)(C)OC(=O)NCCCOc1ccc(Nc2ncc3nnn(-c4cnn(CCC(=O)O)c4)c3n2)cc1. The molecule has 3 N–H and O–H groups in total. The summed E-state index contributed by atoms with van der Waals surface area (Å²) in [6.07, 6.45) is 4.96. The summed E-state index contributed by atoms with van der Waals surface area (Å²) in [7, 11) is 0. The number of fused-ring (bicyclic) bond motifs is 1. The van der Waals surface area contributed by atoms with E-state index < -0.39 is 17.7 Å². The van der Waals surface area contributed by atoms with Gasteiger partial charge >= 0.3 is 12.1 Å². The Morgan fingerprint density at radius 3 is 2.66 bits per heavy atom. The molecule has 0 unspecified atom stereocenters. The average Bonchev–Trinajstić information content (AvgIpc) is 3.49. The molecule has 14 nitrogen and oxygen atoms in total. The number of amides is 1. The molecule has 3 aromatic heterocycles. The summed E-state index contributed by atoms with van der Waals surface area (Å²) in [4.78, 5) is 31.3. The number of anilines is 2. The van der Waals surface area contributed by atoms with Gasteiger partial charge in [-0.2, -0.15) is 14.8 Å². The summed E-state index contributed by atoms with van der Waals surface area (Å²) < 4.78 is 14.0. The smallest absolute Gasteiger partial charge is 0.407 e. The van der Waals surface area contributed by atoms with Gasteiger partial charge < -0.3 is 25.2 Å². The van der Waals surface area contributed by atoms with Crippen molar-refractivity contribution in [3.63, 3.8) is 0 Å². The number of rotatable bonds is 11. The van der Waals surface area contributed by atoms with Crippen LogP contribution in [0.1, 0.15) is 33.6 Å². The topological polar surface area (TPSA) is 171 Å². The molecular weight excluding hydrogens is 494 g/mol. The molecule has 0 saturated heterocycles. The summed E-state index contributed by atoms with van der Waals surface area (Å²) in [5.74, 6) is 0.136. The van der Waals surface area contributed by atoms with E-state index in [1.807, 2.05) is 45.0 Å². The lowest BCUT2D eigenvalue weighted by atomic mass is 10.2. The third kappa shape index (κ3) is 7.38. The highest BCUT2D eigenvalue weighted by molar-refractivity contribution is 5.72. The van der Waals surface area contributed by atoms with E-state index in [-0.39, 0.29) is 13.0 Å². The Morgan fingerprint density at radius 1 is 1.13 bits per heavy atom. The molecule has 4 rings (SSSR count). The lowest BCUT2D eigenvalue weighted by Crippen LogP contribution is -2.33. The van der Waals surface area contributed by atoms with E-state index in [1.165, 1.54) is 9.36 Å². The van der Waals surface area contributed by atoms with E-state index in [9.17, 15) is 9.59 Å². The van der Waals surface area contributed by atoms with Gasteiger partial charge in [-0.15, -0.1) is 5.10 Å². The second-order valence-corrected chi connectivity index (χ2v) is 9.29. The van der Waals surface area contributed by atoms with E-state index >= 15 is 0 Å². The minimum absolute atomic E-state index is 0.0371. The van der Waals surface area contributed by atoms with E-state index in [1.54, 1.807) is 18.6 Å². The molecule has 0 aliphatic rings. The number of ether oxygens (including phenoxy) is 2. The normalized spacial score (nSPS) is 11.3. The maximum atomic E-state index is 11.7. The van der Waals surface area contributed by atoms with Crippen LogP contribution in [0, 0.1) is 0 Å². The molecule has 0 aliphatic heterocycles. The highest BCUT2D eigenvalue weighted by Crippen LogP contribution is 2.20. The van der Waals surface area contributed by atoms with Gasteiger partial charge in [0.2, 0.25) is 5.95 Å². The molecule has 0 fully saturated rings. The third-order valence-corrected chi connectivity index (χ3v) is 4.98. The Hall–Kier alpha value is -4.75. The quantitative estimate of drug-likeness (QED) is 0.247. The van der Waals surface area contributed by atoms with Crippen molar-refractivity contribution >= 4 is 34.9 Å². The summed E-state index contributed by atoms with van der Waals surface area (Å²) in [6, 6.07) is 7.31. The first kappa shape index (κ1) is 26.3. The largest absolute Gasteiger partial charge is 0.494 e. The number of carbonyl (C=O) groups excluding carboxylic acids is 1. The van der Waals surface area contributed by atoms with Crippen LogP contribution >= 0.6 is 0 Å². The summed E-state index contributed by atoms with van der Waals surface area (Å²) in [6.45, 7) is 6.57. The Kier molecular flexibility index (Phi) is 7.99. The molecule has 0 radical (unpaired) electrons. The van der Waals surface area contributed by atoms with Crippen molar-refractivity contribution in [2.24, 2.45) is 0 Å². The second kappa shape index (κ2) is 11.5. The Morgan fingerprint density at radius 2 is 1.92 bits per heavy atom. The van der Waals surface area contributed by atoms with Crippen molar-refractivity contribution in [1.29, 1.82) is 0 Å². The fraction of sp³-hybridized carbons (Fsp3) is 0.375. The van der Waals surface area contributed by atoms with Crippen LogP contribution in [0.5, 0.6) is 5.75 Å². The lowest BCUT2D eigenvalue weighted by Gasteiger charge is -2.19. The van der Waals surface area contributed by atoms with Crippen LogP contribution in [0.25, 0.3) is 16.9 Å². The van der Waals surface area contributed by atoms with Crippen molar-refractivity contribution in [3.05, 3.63) is 42.9 Å². The zero-order valence-corrected chi connectivity index (χ0v) is 21.3. The molecule has 0 atom stereocenters. The number of aryl methyl sites for hydroxylation is 1. The maximum absolute atomic E-state index is 11.7. The number of nitrogens with one attached hydrogen (secondary N) is 2. The van der Waals surface area contributed by atoms with E-state index in [4.69, 9.17) is 14.6 Å². The van der Waals surface area contributed by atoms with Gasteiger partial charge in [-0.3, -0.25) is 9.48 Å². The Labute approximate surface area is 218 Å². The molecule has 4 aromatic rings. The number of alkyl carbamates (subject to hydrolysis) is 1. The summed E-state index contributed by atoms with van der Waals surface area (Å²) in [5, 5.41) is 27.1. The monoisotopic (exact) mass is 523 g/mol. The lowest BCUT2D eigenvalue weighted by molar-refractivity contribution is -0.137. The van der Waals surface area contributed by atoms with Crippen LogP contribution in [-0.4, -0.2) is 70.7 Å². The zero-order valence-electron chi connectivity index (χ0n) is 21.3. The number of carbonyl (C=O) groups is 2. The van der Waals surface area contributed by atoms with Crippen molar-refractivity contribution < 1.29 is 24.2 Å². The highest BCUT2D eigenvalue weighted by Gasteiger charge is 2.15. The Balaban J connectivity index is 1.31. The number of carboxylic acids is 1. The molecular formula is C24H29N9O5. The van der Waals surface area contributed by atoms with E-state index in [0.29, 0.717) is 48.1 Å². The number of aromatic nitrogens is 7. The standard InChI is InChI=1S/C24H29N9O5/c1-24(2,3)38-23(36)25-10-4-12-37-18-7-5-16(6-8-18)28-22-26-14-19-21(29-22)33(31-30-19)17-13-27-32(15-17)11-9-20(34)35/h5-8,13-15H,4,9-12H2,1-3H3,(H,25,36)(H,34,35)(H,26,28,29). The molecule has 0 saturated carbocycles. The van der Waals surface area contributed by atoms with Crippen molar-refractivity contribution in [2.75, 3.05) is 18.5 Å². The van der Waals surface area contributed by atoms with Gasteiger partial charge in [0, 0.05) is 12.2 Å². The first-order valence-electron chi connectivity index (χ1n) is 12.0. The summed E-state index contributed by atoms with van der Waals surface area (Å²) in [5.41, 5.74) is 1.80. The van der Waals surface area contributed by atoms with Gasteiger partial charge in [-0.1, -0.05) is 5.21 Å². The summed E-state index contributed by atoms with van der Waals surface area (Å²) >= 11 is 0. The number of hydrogen-bond acceptors (Lipinski definition) is 10. The molecule has 1 aromatic carbocycles.